The highest BCUT2D eigenvalue weighted by Gasteiger charge is 2.46. The Kier molecular flexibility index (Phi) is 5.13. The zero-order chi connectivity index (χ0) is 20.9. The predicted molar refractivity (Wildman–Crippen MR) is 107 cm³/mol. The molecular weight excluding hydrogens is 401 g/mol. The van der Waals surface area contributed by atoms with E-state index in [1.54, 1.807) is 13.0 Å². The lowest BCUT2D eigenvalue weighted by Crippen LogP contribution is -2.39. The number of thiophene rings is 1. The molecule has 9 heteroatoms. The van der Waals surface area contributed by atoms with E-state index in [0.717, 1.165) is 32.8 Å². The van der Waals surface area contributed by atoms with Gasteiger partial charge in [-0.2, -0.15) is 18.3 Å². The molecule has 4 rings (SSSR count). The van der Waals surface area contributed by atoms with Crippen LogP contribution in [0.3, 0.4) is 0 Å². The maximum absolute atomic E-state index is 13.5. The van der Waals surface area contributed by atoms with Crippen LogP contribution >= 0.6 is 11.3 Å². The van der Waals surface area contributed by atoms with Crippen LogP contribution in [-0.4, -0.2) is 45.9 Å². The zero-order valence-corrected chi connectivity index (χ0v) is 17.5. The number of nitrogens with one attached hydrogen (secondary N) is 1. The number of carbonyl (C=O) groups is 1. The minimum Gasteiger partial charge on any atom is -0.368 e. The van der Waals surface area contributed by atoms with E-state index in [9.17, 15) is 18.0 Å². The average Bonchev–Trinajstić information content (AvgIpc) is 3.23. The Labute approximate surface area is 171 Å². The number of aromatic nitrogens is 2. The van der Waals surface area contributed by atoms with Crippen molar-refractivity contribution in [3.8, 4) is 0 Å². The van der Waals surface area contributed by atoms with Gasteiger partial charge in [-0.3, -0.25) is 4.79 Å². The van der Waals surface area contributed by atoms with Gasteiger partial charge in [-0.05, 0) is 51.7 Å². The van der Waals surface area contributed by atoms with E-state index in [1.165, 1.54) is 11.3 Å². The van der Waals surface area contributed by atoms with Crippen molar-refractivity contribution in [3.63, 3.8) is 0 Å². The van der Waals surface area contributed by atoms with Crippen molar-refractivity contribution >= 4 is 23.1 Å². The first-order chi connectivity index (χ1) is 13.6. The normalized spacial score (nSPS) is 24.9. The number of piperidine rings is 1. The summed E-state index contributed by atoms with van der Waals surface area (Å²) >= 11 is 1.49. The Hall–Kier alpha value is -2.03. The fourth-order valence-electron chi connectivity index (χ4n) is 4.21. The molecule has 0 aliphatic carbocycles. The van der Waals surface area contributed by atoms with Crippen LogP contribution in [-0.2, 0) is 0 Å². The van der Waals surface area contributed by atoms with Crippen LogP contribution in [0.5, 0.6) is 0 Å². The second-order valence-electron chi connectivity index (χ2n) is 8.18. The third kappa shape index (κ3) is 3.89. The molecule has 0 aromatic carbocycles. The Bertz CT molecular complexity index is 900. The minimum atomic E-state index is -4.34. The molecule has 2 aromatic heterocycles. The summed E-state index contributed by atoms with van der Waals surface area (Å²) in [5, 5.41) is 7.45. The summed E-state index contributed by atoms with van der Waals surface area (Å²) in [5.74, 6) is 0.354. The van der Waals surface area contributed by atoms with E-state index < -0.39 is 12.2 Å². The molecule has 3 atom stereocenters. The van der Waals surface area contributed by atoms with Crippen LogP contribution in [0.15, 0.2) is 12.1 Å². The molecule has 5 nitrogen and oxygen atoms in total. The van der Waals surface area contributed by atoms with Crippen molar-refractivity contribution in [1.29, 1.82) is 0 Å². The number of amides is 1. The number of rotatable bonds is 2. The third-order valence-corrected chi connectivity index (χ3v) is 7.04. The van der Waals surface area contributed by atoms with Crippen molar-refractivity contribution in [3.05, 3.63) is 33.1 Å². The van der Waals surface area contributed by atoms with Gasteiger partial charge in [-0.1, -0.05) is 0 Å². The zero-order valence-electron chi connectivity index (χ0n) is 16.7. The van der Waals surface area contributed by atoms with Gasteiger partial charge in [0.1, 0.15) is 5.82 Å². The smallest absolute Gasteiger partial charge is 0.368 e. The SMILES string of the molecule is Cc1cc(C(=O)N2CCC[C@H](c3cc4n(n3)[C@@H](C(F)(F)F)C[C@@H](C)N4)C2)sc1C. The maximum Gasteiger partial charge on any atom is 0.410 e. The highest BCUT2D eigenvalue weighted by atomic mass is 32.1. The van der Waals surface area contributed by atoms with Gasteiger partial charge in [0, 0.05) is 36.0 Å². The van der Waals surface area contributed by atoms with Gasteiger partial charge in [-0.25, -0.2) is 4.68 Å². The summed E-state index contributed by atoms with van der Waals surface area (Å²) < 4.78 is 41.6. The molecule has 0 unspecified atom stereocenters. The number of aryl methyl sites for hydroxylation is 2. The molecule has 4 heterocycles. The molecule has 1 amide bonds. The number of likely N-dealkylation sites (tertiary alicyclic amines) is 1. The third-order valence-electron chi connectivity index (χ3n) is 5.90. The second kappa shape index (κ2) is 7.34. The summed E-state index contributed by atoms with van der Waals surface area (Å²) in [6, 6.07) is 1.77. The molecule has 2 aliphatic rings. The lowest BCUT2D eigenvalue weighted by Gasteiger charge is -2.32. The van der Waals surface area contributed by atoms with Crippen LogP contribution in [0.1, 0.15) is 64.0 Å². The summed E-state index contributed by atoms with van der Waals surface area (Å²) in [5.41, 5.74) is 1.74. The number of carbonyl (C=O) groups excluding carboxylic acids is 1. The quantitative estimate of drug-likeness (QED) is 0.744. The van der Waals surface area contributed by atoms with Crippen LogP contribution in [0.2, 0.25) is 0 Å². The van der Waals surface area contributed by atoms with E-state index in [4.69, 9.17) is 0 Å². The van der Waals surface area contributed by atoms with Crippen LogP contribution < -0.4 is 5.32 Å². The van der Waals surface area contributed by atoms with Crippen LogP contribution in [0.4, 0.5) is 19.0 Å². The highest BCUT2D eigenvalue weighted by molar-refractivity contribution is 7.14. The molecule has 2 aromatic rings. The second-order valence-corrected chi connectivity index (χ2v) is 9.43. The van der Waals surface area contributed by atoms with Gasteiger partial charge in [0.25, 0.3) is 5.91 Å². The van der Waals surface area contributed by atoms with E-state index in [2.05, 4.69) is 10.4 Å². The molecule has 0 radical (unpaired) electrons. The molecular formula is C20H25F3N4OS. The Morgan fingerprint density at radius 1 is 1.31 bits per heavy atom. The summed E-state index contributed by atoms with van der Waals surface area (Å²) in [6.45, 7) is 6.89. The summed E-state index contributed by atoms with van der Waals surface area (Å²) in [6.07, 6.45) is -2.74. The lowest BCUT2D eigenvalue weighted by molar-refractivity contribution is -0.173. The standard InChI is InChI=1S/C20H25F3N4OS/c1-11-7-16(29-13(11)3)19(28)26-6-4-5-14(10-26)15-9-18-24-12(2)8-17(20(21,22)23)27(18)25-15/h7,9,12,14,17,24H,4-6,8,10H2,1-3H3/t12-,14+,17-/m1/s1. The molecule has 1 fully saturated rings. The van der Waals surface area contributed by atoms with Gasteiger partial charge in [0.2, 0.25) is 0 Å². The van der Waals surface area contributed by atoms with E-state index in [0.29, 0.717) is 24.6 Å². The maximum atomic E-state index is 13.5. The first-order valence-corrected chi connectivity index (χ1v) is 10.7. The van der Waals surface area contributed by atoms with Gasteiger partial charge >= 0.3 is 6.18 Å². The monoisotopic (exact) mass is 426 g/mol. The number of anilines is 1. The van der Waals surface area contributed by atoms with Crippen molar-refractivity contribution in [2.24, 2.45) is 0 Å². The van der Waals surface area contributed by atoms with Gasteiger partial charge < -0.3 is 10.2 Å². The molecule has 0 saturated carbocycles. The number of alkyl halides is 3. The van der Waals surface area contributed by atoms with Crippen molar-refractivity contribution in [1.82, 2.24) is 14.7 Å². The van der Waals surface area contributed by atoms with Crippen molar-refractivity contribution in [2.45, 2.75) is 64.2 Å². The topological polar surface area (TPSA) is 50.2 Å². The van der Waals surface area contributed by atoms with Crippen LogP contribution in [0, 0.1) is 13.8 Å². The molecule has 1 N–H and O–H groups in total. The Balaban J connectivity index is 1.55. The first kappa shape index (κ1) is 20.3. The molecule has 0 spiro atoms. The first-order valence-electron chi connectivity index (χ1n) is 9.92. The molecule has 0 bridgehead atoms. The Morgan fingerprint density at radius 3 is 2.72 bits per heavy atom. The fraction of sp³-hybridized carbons (Fsp3) is 0.600. The number of hydrogen-bond donors (Lipinski definition) is 1. The van der Waals surface area contributed by atoms with E-state index in [1.807, 2.05) is 24.8 Å². The molecule has 29 heavy (non-hydrogen) atoms. The van der Waals surface area contributed by atoms with Gasteiger partial charge in [-0.15, -0.1) is 11.3 Å². The summed E-state index contributed by atoms with van der Waals surface area (Å²) in [7, 11) is 0. The highest BCUT2D eigenvalue weighted by Crippen LogP contribution is 2.40. The van der Waals surface area contributed by atoms with E-state index in [-0.39, 0.29) is 24.3 Å². The van der Waals surface area contributed by atoms with Crippen molar-refractivity contribution < 1.29 is 18.0 Å². The number of halogens is 3. The predicted octanol–water partition coefficient (Wildman–Crippen LogP) is 4.89. The summed E-state index contributed by atoms with van der Waals surface area (Å²) in [4.78, 5) is 16.6. The lowest BCUT2D eigenvalue weighted by atomic mass is 9.94. The van der Waals surface area contributed by atoms with Gasteiger partial charge in [0.15, 0.2) is 6.04 Å². The van der Waals surface area contributed by atoms with Crippen molar-refractivity contribution in [2.75, 3.05) is 18.4 Å². The number of nitrogens with zero attached hydrogens (tertiary/aromatic N) is 3. The molecule has 158 valence electrons. The number of hydrogen-bond acceptors (Lipinski definition) is 4. The molecule has 2 aliphatic heterocycles. The van der Waals surface area contributed by atoms with E-state index >= 15 is 0 Å². The Morgan fingerprint density at radius 2 is 2.07 bits per heavy atom. The largest absolute Gasteiger partial charge is 0.410 e. The van der Waals surface area contributed by atoms with Gasteiger partial charge in [0.05, 0.1) is 10.6 Å². The number of fused-ring (bicyclic) bond motifs is 1. The average molecular weight is 427 g/mol. The minimum absolute atomic E-state index is 0.000196. The van der Waals surface area contributed by atoms with Crippen LogP contribution in [0.25, 0.3) is 0 Å². The fourth-order valence-corrected chi connectivity index (χ4v) is 5.22. The molecule has 1 saturated heterocycles.